The lowest BCUT2D eigenvalue weighted by Crippen LogP contribution is -2.35. The maximum Gasteiger partial charge on any atom is 0.344 e. The fourth-order valence-corrected chi connectivity index (χ4v) is 3.94. The van der Waals surface area contributed by atoms with Crippen molar-refractivity contribution in [3.05, 3.63) is 77.2 Å². The zero-order valence-corrected chi connectivity index (χ0v) is 16.7. The van der Waals surface area contributed by atoms with Crippen LogP contribution in [0.4, 0.5) is 4.39 Å². The number of benzene rings is 2. The summed E-state index contributed by atoms with van der Waals surface area (Å²) >= 11 is 0. The van der Waals surface area contributed by atoms with E-state index in [0.29, 0.717) is 16.9 Å². The molecule has 2 aromatic carbocycles. The van der Waals surface area contributed by atoms with E-state index in [1.165, 1.54) is 32.4 Å². The van der Waals surface area contributed by atoms with Crippen LogP contribution in [0, 0.1) is 5.82 Å². The number of methoxy groups -OCH3 is 1. The minimum absolute atomic E-state index is 0.0379. The first-order chi connectivity index (χ1) is 13.8. The van der Waals surface area contributed by atoms with E-state index in [1.54, 1.807) is 36.4 Å². The first-order valence-corrected chi connectivity index (χ1v) is 10.1. The largest absolute Gasteiger partial charge is 0.496 e. The molecular weight excluding hydrogens is 397 g/mol. The maximum atomic E-state index is 13.3. The summed E-state index contributed by atoms with van der Waals surface area (Å²) in [6, 6.07) is 12.8. The van der Waals surface area contributed by atoms with E-state index in [9.17, 15) is 17.6 Å². The van der Waals surface area contributed by atoms with Crippen LogP contribution >= 0.6 is 0 Å². The molecule has 2 aromatic rings. The molecule has 0 saturated heterocycles. The van der Waals surface area contributed by atoms with Crippen LogP contribution in [-0.4, -0.2) is 31.5 Å². The molecule has 7 nitrogen and oxygen atoms in total. The number of hydrogen-bond acceptors (Lipinski definition) is 4. The summed E-state index contributed by atoms with van der Waals surface area (Å²) in [4.78, 5) is 12.6. The Balaban J connectivity index is 1.81. The Kier molecular flexibility index (Phi) is 5.97. The molecule has 0 spiro atoms. The summed E-state index contributed by atoms with van der Waals surface area (Å²) in [6.45, 7) is 1.51. The van der Waals surface area contributed by atoms with Gasteiger partial charge in [-0.15, -0.1) is 4.40 Å². The van der Waals surface area contributed by atoms with Crippen molar-refractivity contribution < 1.29 is 22.3 Å². The summed E-state index contributed by atoms with van der Waals surface area (Å²) < 4.78 is 48.2. The summed E-state index contributed by atoms with van der Waals surface area (Å²) in [5, 5.41) is 2.66. The highest BCUT2D eigenvalue weighted by molar-refractivity contribution is 7.88. The molecule has 0 unspecified atom stereocenters. The van der Waals surface area contributed by atoms with Gasteiger partial charge in [-0.05, 0) is 30.7 Å². The van der Waals surface area contributed by atoms with E-state index in [2.05, 4.69) is 9.71 Å². The number of para-hydroxylation sites is 1. The van der Waals surface area contributed by atoms with Crippen molar-refractivity contribution in [2.75, 3.05) is 7.11 Å². The third-order valence-corrected chi connectivity index (χ3v) is 5.65. The highest BCUT2D eigenvalue weighted by Gasteiger charge is 2.28. The Hall–Kier alpha value is -3.20. The number of carbonyl (C=O) groups excluding carboxylic acids is 1. The van der Waals surface area contributed by atoms with Gasteiger partial charge in [0.15, 0.2) is 0 Å². The van der Waals surface area contributed by atoms with Crippen molar-refractivity contribution in [2.45, 2.75) is 20.0 Å². The smallest absolute Gasteiger partial charge is 0.344 e. The lowest BCUT2D eigenvalue weighted by Gasteiger charge is -2.24. The van der Waals surface area contributed by atoms with Crippen molar-refractivity contribution in [1.29, 1.82) is 0 Å². The first kappa shape index (κ1) is 20.5. The van der Waals surface area contributed by atoms with E-state index >= 15 is 0 Å². The van der Waals surface area contributed by atoms with Crippen LogP contribution < -0.4 is 10.1 Å². The fourth-order valence-electron chi connectivity index (χ4n) is 2.85. The van der Waals surface area contributed by atoms with E-state index < -0.39 is 21.9 Å². The molecule has 152 valence electrons. The molecule has 1 amide bonds. The Labute approximate surface area is 168 Å². The van der Waals surface area contributed by atoms with Crippen molar-refractivity contribution in [3.8, 4) is 5.75 Å². The monoisotopic (exact) mass is 417 g/mol. The van der Waals surface area contributed by atoms with Gasteiger partial charge < -0.3 is 10.1 Å². The highest BCUT2D eigenvalue weighted by Crippen LogP contribution is 2.24. The minimum Gasteiger partial charge on any atom is -0.496 e. The number of halogens is 1. The molecule has 0 bridgehead atoms. The van der Waals surface area contributed by atoms with Gasteiger partial charge in [-0.25, -0.2) is 4.39 Å². The Bertz CT molecular complexity index is 1100. The van der Waals surface area contributed by atoms with Crippen LogP contribution in [0.2, 0.25) is 0 Å². The van der Waals surface area contributed by atoms with Crippen molar-refractivity contribution in [1.82, 2.24) is 9.62 Å². The predicted molar refractivity (Wildman–Crippen MR) is 107 cm³/mol. The SMILES string of the molecule is COc1ccccc1CN1C=C(C(=O)NCc2cccc(F)c2)C(C)=NS1(=O)=O. The normalized spacial score (nSPS) is 15.3. The fraction of sp³-hybridized carbons (Fsp3) is 0.200. The average Bonchev–Trinajstić information content (AvgIpc) is 2.68. The minimum atomic E-state index is -3.98. The molecule has 3 rings (SSSR count). The molecule has 0 radical (unpaired) electrons. The van der Waals surface area contributed by atoms with Crippen LogP contribution in [0.3, 0.4) is 0 Å². The van der Waals surface area contributed by atoms with Crippen LogP contribution in [0.1, 0.15) is 18.1 Å². The number of rotatable bonds is 6. The van der Waals surface area contributed by atoms with Crippen LogP contribution in [0.25, 0.3) is 0 Å². The Morgan fingerprint density at radius 3 is 2.69 bits per heavy atom. The van der Waals surface area contributed by atoms with Gasteiger partial charge in [-0.3, -0.25) is 9.10 Å². The highest BCUT2D eigenvalue weighted by atomic mass is 32.2. The molecule has 9 heteroatoms. The van der Waals surface area contributed by atoms with Gasteiger partial charge >= 0.3 is 10.2 Å². The van der Waals surface area contributed by atoms with E-state index in [4.69, 9.17) is 4.74 Å². The molecule has 0 saturated carbocycles. The molecule has 1 aliphatic rings. The lowest BCUT2D eigenvalue weighted by molar-refractivity contribution is -0.117. The second kappa shape index (κ2) is 8.44. The van der Waals surface area contributed by atoms with Gasteiger partial charge in [0, 0.05) is 18.3 Å². The van der Waals surface area contributed by atoms with Gasteiger partial charge in [0.05, 0.1) is 24.9 Å². The molecule has 0 aromatic heterocycles. The van der Waals surface area contributed by atoms with Crippen molar-refractivity contribution in [2.24, 2.45) is 4.40 Å². The average molecular weight is 417 g/mol. The second-order valence-electron chi connectivity index (χ2n) is 6.37. The quantitative estimate of drug-likeness (QED) is 0.783. The molecule has 29 heavy (non-hydrogen) atoms. The number of nitrogens with zero attached hydrogens (tertiary/aromatic N) is 2. The molecular formula is C20H20FN3O4S. The van der Waals surface area contributed by atoms with Gasteiger partial charge in [0.1, 0.15) is 11.6 Å². The number of nitrogens with one attached hydrogen (secondary N) is 1. The third kappa shape index (κ3) is 4.80. The van der Waals surface area contributed by atoms with Crippen LogP contribution in [0.5, 0.6) is 5.75 Å². The van der Waals surface area contributed by atoms with Gasteiger partial charge in [-0.1, -0.05) is 30.3 Å². The summed E-state index contributed by atoms with van der Waals surface area (Å²) in [6.07, 6.45) is 1.25. The first-order valence-electron chi connectivity index (χ1n) is 8.75. The van der Waals surface area contributed by atoms with Crippen molar-refractivity contribution >= 4 is 21.8 Å². The molecule has 0 aliphatic carbocycles. The van der Waals surface area contributed by atoms with Gasteiger partial charge in [0.25, 0.3) is 5.91 Å². The molecule has 1 aliphatic heterocycles. The standard InChI is InChI=1S/C20H20FN3O4S/c1-14-18(20(25)22-11-15-6-5-8-17(21)10-15)13-24(29(26,27)23-14)12-16-7-3-4-9-19(16)28-2/h3-10,13H,11-12H2,1-2H3,(H,22,25). The predicted octanol–water partition coefficient (Wildman–Crippen LogP) is 2.56. The molecule has 1 N–H and O–H groups in total. The van der Waals surface area contributed by atoms with Crippen LogP contribution in [-0.2, 0) is 28.1 Å². The lowest BCUT2D eigenvalue weighted by atomic mass is 10.1. The number of ether oxygens (including phenoxy) is 1. The Morgan fingerprint density at radius 1 is 1.21 bits per heavy atom. The maximum absolute atomic E-state index is 13.3. The topological polar surface area (TPSA) is 88.1 Å². The van der Waals surface area contributed by atoms with E-state index in [-0.39, 0.29) is 24.4 Å². The number of carbonyl (C=O) groups is 1. The zero-order valence-electron chi connectivity index (χ0n) is 15.9. The van der Waals surface area contributed by atoms with Gasteiger partial charge in [0.2, 0.25) is 0 Å². The number of hydrogen-bond donors (Lipinski definition) is 1. The molecule has 0 fully saturated rings. The summed E-state index contributed by atoms with van der Waals surface area (Å²) in [5.74, 6) is -0.379. The van der Waals surface area contributed by atoms with Gasteiger partial charge in [-0.2, -0.15) is 8.42 Å². The van der Waals surface area contributed by atoms with E-state index in [1.807, 2.05) is 0 Å². The third-order valence-electron chi connectivity index (χ3n) is 4.32. The van der Waals surface area contributed by atoms with E-state index in [0.717, 1.165) is 4.31 Å². The zero-order chi connectivity index (χ0) is 21.0. The van der Waals surface area contributed by atoms with Crippen LogP contribution in [0.15, 0.2) is 64.7 Å². The van der Waals surface area contributed by atoms with Crippen molar-refractivity contribution in [3.63, 3.8) is 0 Å². The Morgan fingerprint density at radius 2 is 1.97 bits per heavy atom. The summed E-state index contributed by atoms with van der Waals surface area (Å²) in [7, 11) is -2.48. The summed E-state index contributed by atoms with van der Waals surface area (Å²) in [5.41, 5.74) is 1.41. The molecule has 1 heterocycles. The number of amides is 1. The second-order valence-corrected chi connectivity index (χ2v) is 7.91. The molecule has 0 atom stereocenters.